The first-order valence-corrected chi connectivity index (χ1v) is 8.77. The molecule has 2 N–H and O–H groups in total. The predicted molar refractivity (Wildman–Crippen MR) is 96.2 cm³/mol. The largest absolute Gasteiger partial charge is 0.434 e. The number of hydrogen-bond acceptors (Lipinski definition) is 3. The third-order valence-electron chi connectivity index (χ3n) is 4.09. The van der Waals surface area contributed by atoms with Crippen LogP contribution in [0.5, 0.6) is 0 Å². The van der Waals surface area contributed by atoms with E-state index in [4.69, 9.17) is 27.9 Å². The van der Waals surface area contributed by atoms with Crippen LogP contribution in [0.25, 0.3) is 0 Å². The number of nitrogens with one attached hydrogen (secondary N) is 2. The van der Waals surface area contributed by atoms with Crippen LogP contribution in [0, 0.1) is 0 Å². The van der Waals surface area contributed by atoms with Gasteiger partial charge in [-0.3, -0.25) is 4.79 Å². The highest BCUT2D eigenvalue weighted by Gasteiger charge is 2.35. The fraction of sp³-hybridized carbons (Fsp3) is 0.222. The Morgan fingerprint density at radius 1 is 1.14 bits per heavy atom. The van der Waals surface area contributed by atoms with Crippen LogP contribution in [-0.2, 0) is 15.7 Å². The number of alkyl halides is 3. The van der Waals surface area contributed by atoms with E-state index in [1.807, 2.05) is 0 Å². The molecule has 0 unspecified atom stereocenters. The molecule has 10 heteroatoms. The van der Waals surface area contributed by atoms with Gasteiger partial charge in [0, 0.05) is 5.02 Å². The van der Waals surface area contributed by atoms with Gasteiger partial charge in [0.2, 0.25) is 0 Å². The average Bonchev–Trinajstić information content (AvgIpc) is 3.07. The molecular weight excluding hydrogens is 420 g/mol. The maximum atomic E-state index is 13.2. The lowest BCUT2D eigenvalue weighted by Crippen LogP contribution is -2.39. The zero-order valence-corrected chi connectivity index (χ0v) is 15.5. The Morgan fingerprint density at radius 3 is 2.36 bits per heavy atom. The van der Waals surface area contributed by atoms with Crippen molar-refractivity contribution < 1.29 is 27.5 Å². The summed E-state index contributed by atoms with van der Waals surface area (Å²) in [6, 6.07) is 8.69. The van der Waals surface area contributed by atoms with E-state index in [0.29, 0.717) is 10.6 Å². The summed E-state index contributed by atoms with van der Waals surface area (Å²) in [7, 11) is 0. The molecule has 1 aliphatic heterocycles. The van der Waals surface area contributed by atoms with Gasteiger partial charge in [-0.25, -0.2) is 4.79 Å². The summed E-state index contributed by atoms with van der Waals surface area (Å²) in [4.78, 5) is 23.6. The summed E-state index contributed by atoms with van der Waals surface area (Å²) < 4.78 is 44.6. The zero-order chi connectivity index (χ0) is 20.5. The van der Waals surface area contributed by atoms with E-state index in [2.05, 4.69) is 10.6 Å². The first-order chi connectivity index (χ1) is 13.1. The number of hydrogen-bond donors (Lipinski definition) is 2. The topological polar surface area (TPSA) is 67.4 Å². The van der Waals surface area contributed by atoms with E-state index < -0.39 is 40.9 Å². The molecule has 5 nitrogen and oxygen atoms in total. The van der Waals surface area contributed by atoms with Gasteiger partial charge in [0.1, 0.15) is 0 Å². The molecule has 2 aromatic carbocycles. The van der Waals surface area contributed by atoms with Crippen LogP contribution in [0.4, 0.5) is 18.0 Å². The Balaban J connectivity index is 1.98. The van der Waals surface area contributed by atoms with Gasteiger partial charge in [-0.1, -0.05) is 41.4 Å². The Kier molecular flexibility index (Phi) is 5.71. The minimum atomic E-state index is -4.66. The monoisotopic (exact) mass is 432 g/mol. The van der Waals surface area contributed by atoms with Gasteiger partial charge in [-0.2, -0.15) is 13.2 Å². The summed E-state index contributed by atoms with van der Waals surface area (Å²) >= 11 is 11.6. The van der Waals surface area contributed by atoms with Gasteiger partial charge in [0.15, 0.2) is 6.10 Å². The quantitative estimate of drug-likeness (QED) is 0.755. The third kappa shape index (κ3) is 4.51. The second-order valence-electron chi connectivity index (χ2n) is 6.01. The predicted octanol–water partition coefficient (Wildman–Crippen LogP) is 4.33. The highest BCUT2D eigenvalue weighted by molar-refractivity contribution is 6.31. The number of halogens is 5. The molecule has 2 atom stereocenters. The fourth-order valence-electron chi connectivity index (χ4n) is 2.72. The molecule has 0 saturated carbocycles. The highest BCUT2D eigenvalue weighted by atomic mass is 35.5. The van der Waals surface area contributed by atoms with Crippen LogP contribution >= 0.6 is 23.2 Å². The molecule has 1 fully saturated rings. The first-order valence-electron chi connectivity index (χ1n) is 8.02. The molecule has 0 radical (unpaired) electrons. The zero-order valence-electron chi connectivity index (χ0n) is 14.0. The molecule has 2 amide bonds. The maximum Gasteiger partial charge on any atom is 0.417 e. The van der Waals surface area contributed by atoms with Crippen molar-refractivity contribution in [2.24, 2.45) is 0 Å². The molecule has 2 aromatic rings. The molecule has 28 heavy (non-hydrogen) atoms. The number of carbonyl (C=O) groups excluding carboxylic acids is 2. The Bertz CT molecular complexity index is 904. The second kappa shape index (κ2) is 7.89. The van der Waals surface area contributed by atoms with E-state index in [9.17, 15) is 22.8 Å². The van der Waals surface area contributed by atoms with Crippen LogP contribution < -0.4 is 10.6 Å². The lowest BCUT2D eigenvalue weighted by Gasteiger charge is -2.22. The number of rotatable bonds is 4. The van der Waals surface area contributed by atoms with Crippen molar-refractivity contribution in [2.75, 3.05) is 6.54 Å². The Labute approximate surface area is 167 Å². The standard InChI is InChI=1S/C18H13Cl2F3N2O3/c19-11-4-1-9(2-5-11)15(25-16(26)14-8-24-17(27)28-14)10-3-6-13(20)12(7-10)18(21,22)23/h1-7,14-15H,8H2,(H,24,27)(H,25,26)/t14-,15+/m0/s1. The molecule has 0 spiro atoms. The second-order valence-corrected chi connectivity index (χ2v) is 6.85. The van der Waals surface area contributed by atoms with E-state index in [-0.39, 0.29) is 12.1 Å². The smallest absolute Gasteiger partial charge is 0.417 e. The minimum Gasteiger partial charge on any atom is -0.434 e. The summed E-state index contributed by atoms with van der Waals surface area (Å²) in [6.45, 7) is -0.0353. The van der Waals surface area contributed by atoms with Crippen molar-refractivity contribution >= 4 is 35.2 Å². The lowest BCUT2D eigenvalue weighted by atomic mass is 9.96. The van der Waals surface area contributed by atoms with Crippen molar-refractivity contribution in [1.82, 2.24) is 10.6 Å². The molecule has 148 valence electrons. The molecular formula is C18H13Cl2F3N2O3. The van der Waals surface area contributed by atoms with Crippen LogP contribution in [0.15, 0.2) is 42.5 Å². The van der Waals surface area contributed by atoms with Gasteiger partial charge in [-0.15, -0.1) is 0 Å². The fourth-order valence-corrected chi connectivity index (χ4v) is 3.07. The minimum absolute atomic E-state index is 0.0353. The molecule has 0 bridgehead atoms. The van der Waals surface area contributed by atoms with Gasteiger partial charge < -0.3 is 15.4 Å². The molecule has 3 rings (SSSR count). The van der Waals surface area contributed by atoms with Crippen LogP contribution in [0.1, 0.15) is 22.7 Å². The van der Waals surface area contributed by atoms with Crippen molar-refractivity contribution in [2.45, 2.75) is 18.3 Å². The molecule has 1 aliphatic rings. The van der Waals surface area contributed by atoms with Crippen molar-refractivity contribution in [1.29, 1.82) is 0 Å². The molecule has 1 heterocycles. The van der Waals surface area contributed by atoms with Crippen LogP contribution in [0.3, 0.4) is 0 Å². The Hall–Kier alpha value is -2.45. The van der Waals surface area contributed by atoms with Gasteiger partial charge in [0.25, 0.3) is 5.91 Å². The normalized spacial score (nSPS) is 17.6. The van der Waals surface area contributed by atoms with E-state index >= 15 is 0 Å². The Morgan fingerprint density at radius 2 is 1.79 bits per heavy atom. The van der Waals surface area contributed by atoms with Gasteiger partial charge in [-0.05, 0) is 35.4 Å². The SMILES string of the molecule is O=C1NC[C@@H](C(=O)N[C@H](c2ccc(Cl)cc2)c2ccc(Cl)c(C(F)(F)F)c2)O1. The first kappa shape index (κ1) is 20.3. The number of benzene rings is 2. The number of alkyl carbamates (subject to hydrolysis) is 1. The van der Waals surface area contributed by atoms with Crippen molar-refractivity contribution in [3.63, 3.8) is 0 Å². The van der Waals surface area contributed by atoms with Crippen molar-refractivity contribution in [3.05, 3.63) is 69.2 Å². The molecule has 1 saturated heterocycles. The van der Waals surface area contributed by atoms with Gasteiger partial charge >= 0.3 is 12.3 Å². The number of cyclic esters (lactones) is 1. The summed E-state index contributed by atoms with van der Waals surface area (Å²) in [6.07, 6.45) is -6.49. The number of carbonyl (C=O) groups is 2. The summed E-state index contributed by atoms with van der Waals surface area (Å²) in [5, 5.41) is 4.93. The molecule has 0 aromatic heterocycles. The van der Waals surface area contributed by atoms with Crippen molar-refractivity contribution in [3.8, 4) is 0 Å². The van der Waals surface area contributed by atoms with Crippen LogP contribution in [-0.4, -0.2) is 24.6 Å². The van der Waals surface area contributed by atoms with Crippen LogP contribution in [0.2, 0.25) is 10.0 Å². The summed E-state index contributed by atoms with van der Waals surface area (Å²) in [5.41, 5.74) is -0.371. The third-order valence-corrected chi connectivity index (χ3v) is 4.67. The number of amides is 2. The maximum absolute atomic E-state index is 13.2. The summed E-state index contributed by atoms with van der Waals surface area (Å²) in [5.74, 6) is -0.651. The van der Waals surface area contributed by atoms with E-state index in [1.165, 1.54) is 6.07 Å². The lowest BCUT2D eigenvalue weighted by molar-refractivity contribution is -0.137. The van der Waals surface area contributed by atoms with E-state index in [0.717, 1.165) is 12.1 Å². The van der Waals surface area contributed by atoms with E-state index in [1.54, 1.807) is 24.3 Å². The molecule has 0 aliphatic carbocycles. The van der Waals surface area contributed by atoms with Gasteiger partial charge in [0.05, 0.1) is 23.2 Å². The number of ether oxygens (including phenoxy) is 1. The average molecular weight is 433 g/mol. The highest BCUT2D eigenvalue weighted by Crippen LogP contribution is 2.37.